The molecule has 0 fully saturated rings. The standard InChI is InChI=1S/C19H19BrN4O/c1-3-18-17(12-22-24(18)16-8-6-15(20)7-9-16)19(25)23(2)13-14-5-4-10-21-11-14/h4-12H,3,13H2,1-2H3. The molecule has 0 atom stereocenters. The van der Waals surface area contributed by atoms with Crippen molar-refractivity contribution in [1.29, 1.82) is 0 Å². The Hall–Kier alpha value is -2.47. The van der Waals surface area contributed by atoms with E-state index in [-0.39, 0.29) is 5.91 Å². The minimum atomic E-state index is -0.0379. The Bertz CT molecular complexity index is 859. The topological polar surface area (TPSA) is 51.0 Å². The van der Waals surface area contributed by atoms with Crippen molar-refractivity contribution in [2.24, 2.45) is 0 Å². The lowest BCUT2D eigenvalue weighted by atomic mass is 10.1. The zero-order chi connectivity index (χ0) is 17.8. The Morgan fingerprint density at radius 1 is 1.20 bits per heavy atom. The predicted molar refractivity (Wildman–Crippen MR) is 101 cm³/mol. The van der Waals surface area contributed by atoms with Gasteiger partial charge in [0, 0.05) is 30.5 Å². The van der Waals surface area contributed by atoms with Crippen molar-refractivity contribution in [2.75, 3.05) is 7.05 Å². The summed E-state index contributed by atoms with van der Waals surface area (Å²) in [7, 11) is 1.80. The third-order valence-electron chi connectivity index (χ3n) is 3.99. The Morgan fingerprint density at radius 2 is 1.96 bits per heavy atom. The number of halogens is 1. The van der Waals surface area contributed by atoms with E-state index in [0.717, 1.165) is 27.8 Å². The summed E-state index contributed by atoms with van der Waals surface area (Å²) in [5.74, 6) is -0.0379. The van der Waals surface area contributed by atoms with Gasteiger partial charge in [0.2, 0.25) is 0 Å². The second kappa shape index (κ2) is 7.61. The van der Waals surface area contributed by atoms with Gasteiger partial charge in [0.1, 0.15) is 0 Å². The van der Waals surface area contributed by atoms with E-state index < -0.39 is 0 Å². The molecule has 0 spiro atoms. The lowest BCUT2D eigenvalue weighted by Crippen LogP contribution is -2.27. The molecule has 6 heteroatoms. The molecule has 0 saturated heterocycles. The zero-order valence-electron chi connectivity index (χ0n) is 14.2. The van der Waals surface area contributed by atoms with Crippen LogP contribution in [-0.2, 0) is 13.0 Å². The number of aromatic nitrogens is 3. The van der Waals surface area contributed by atoms with Crippen molar-refractivity contribution in [1.82, 2.24) is 19.7 Å². The molecule has 2 aromatic heterocycles. The van der Waals surface area contributed by atoms with Gasteiger partial charge in [-0.1, -0.05) is 28.9 Å². The van der Waals surface area contributed by atoms with Crippen molar-refractivity contribution in [3.63, 3.8) is 0 Å². The Kier molecular flexibility index (Phi) is 5.28. The first-order chi connectivity index (χ1) is 12.1. The van der Waals surface area contributed by atoms with Crippen LogP contribution in [0.3, 0.4) is 0 Å². The number of hydrogen-bond acceptors (Lipinski definition) is 3. The quantitative estimate of drug-likeness (QED) is 0.655. The van der Waals surface area contributed by atoms with Gasteiger partial charge in [-0.3, -0.25) is 9.78 Å². The minimum absolute atomic E-state index is 0.0379. The van der Waals surface area contributed by atoms with Crippen LogP contribution in [0.25, 0.3) is 5.69 Å². The SMILES string of the molecule is CCc1c(C(=O)N(C)Cc2cccnc2)cnn1-c1ccc(Br)cc1. The van der Waals surface area contributed by atoms with Gasteiger partial charge >= 0.3 is 0 Å². The van der Waals surface area contributed by atoms with Crippen LogP contribution in [0.15, 0.2) is 59.5 Å². The maximum Gasteiger partial charge on any atom is 0.257 e. The molecule has 0 saturated carbocycles. The summed E-state index contributed by atoms with van der Waals surface area (Å²) >= 11 is 3.44. The van der Waals surface area contributed by atoms with E-state index in [1.807, 2.05) is 48.0 Å². The van der Waals surface area contributed by atoms with Gasteiger partial charge in [-0.25, -0.2) is 4.68 Å². The molecule has 128 valence electrons. The third kappa shape index (κ3) is 3.79. The van der Waals surface area contributed by atoms with Gasteiger partial charge in [0.25, 0.3) is 5.91 Å². The van der Waals surface area contributed by atoms with Gasteiger partial charge in [-0.2, -0.15) is 5.10 Å². The predicted octanol–water partition coefficient (Wildman–Crippen LogP) is 3.86. The number of carbonyl (C=O) groups excluding carboxylic acids is 1. The van der Waals surface area contributed by atoms with Gasteiger partial charge in [-0.15, -0.1) is 0 Å². The molecular weight excluding hydrogens is 380 g/mol. The number of pyridine rings is 1. The van der Waals surface area contributed by atoms with E-state index in [0.29, 0.717) is 12.1 Å². The molecule has 2 heterocycles. The average molecular weight is 399 g/mol. The van der Waals surface area contributed by atoms with E-state index >= 15 is 0 Å². The maximum atomic E-state index is 12.9. The van der Waals surface area contributed by atoms with Crippen LogP contribution in [0.1, 0.15) is 28.5 Å². The number of carbonyl (C=O) groups is 1. The Morgan fingerprint density at radius 3 is 2.60 bits per heavy atom. The largest absolute Gasteiger partial charge is 0.337 e. The number of amides is 1. The number of hydrogen-bond donors (Lipinski definition) is 0. The van der Waals surface area contributed by atoms with Crippen LogP contribution in [0.2, 0.25) is 0 Å². The molecule has 0 bridgehead atoms. The van der Waals surface area contributed by atoms with E-state index in [9.17, 15) is 4.79 Å². The summed E-state index contributed by atoms with van der Waals surface area (Å²) in [5.41, 5.74) is 3.48. The second-order valence-electron chi connectivity index (χ2n) is 5.77. The van der Waals surface area contributed by atoms with Gasteiger partial charge < -0.3 is 4.90 Å². The van der Waals surface area contributed by atoms with Crippen molar-refractivity contribution in [2.45, 2.75) is 19.9 Å². The normalized spacial score (nSPS) is 10.7. The van der Waals surface area contributed by atoms with E-state index in [4.69, 9.17) is 0 Å². The first-order valence-electron chi connectivity index (χ1n) is 8.07. The third-order valence-corrected chi connectivity index (χ3v) is 4.52. The molecular formula is C19H19BrN4O. The summed E-state index contributed by atoms with van der Waals surface area (Å²) in [4.78, 5) is 18.7. The second-order valence-corrected chi connectivity index (χ2v) is 6.68. The molecule has 25 heavy (non-hydrogen) atoms. The maximum absolute atomic E-state index is 12.9. The molecule has 0 radical (unpaired) electrons. The molecule has 3 rings (SSSR count). The van der Waals surface area contributed by atoms with Crippen LogP contribution < -0.4 is 0 Å². The van der Waals surface area contributed by atoms with Crippen LogP contribution >= 0.6 is 15.9 Å². The summed E-state index contributed by atoms with van der Waals surface area (Å²) < 4.78 is 2.84. The van der Waals surface area contributed by atoms with E-state index in [1.54, 1.807) is 30.5 Å². The fourth-order valence-corrected chi connectivity index (χ4v) is 3.00. The summed E-state index contributed by atoms with van der Waals surface area (Å²) in [6, 6.07) is 11.7. The van der Waals surface area contributed by atoms with Crippen molar-refractivity contribution in [3.05, 3.63) is 76.3 Å². The summed E-state index contributed by atoms with van der Waals surface area (Å²) in [6.07, 6.45) is 5.87. The molecule has 0 aliphatic heterocycles. The first-order valence-corrected chi connectivity index (χ1v) is 8.86. The molecule has 1 aromatic carbocycles. The first kappa shape index (κ1) is 17.4. The number of rotatable bonds is 5. The number of nitrogens with zero attached hydrogens (tertiary/aromatic N) is 4. The molecule has 0 unspecified atom stereocenters. The molecule has 0 aliphatic rings. The molecule has 1 amide bonds. The van der Waals surface area contributed by atoms with E-state index in [1.165, 1.54) is 0 Å². The summed E-state index contributed by atoms with van der Waals surface area (Å²) in [5, 5.41) is 4.44. The minimum Gasteiger partial charge on any atom is -0.337 e. The molecule has 5 nitrogen and oxygen atoms in total. The number of benzene rings is 1. The van der Waals surface area contributed by atoms with Gasteiger partial charge in [0.15, 0.2) is 0 Å². The smallest absolute Gasteiger partial charge is 0.257 e. The zero-order valence-corrected chi connectivity index (χ0v) is 15.8. The van der Waals surface area contributed by atoms with Crippen LogP contribution in [0.5, 0.6) is 0 Å². The van der Waals surface area contributed by atoms with Crippen molar-refractivity contribution >= 4 is 21.8 Å². The highest BCUT2D eigenvalue weighted by molar-refractivity contribution is 9.10. The highest BCUT2D eigenvalue weighted by Gasteiger charge is 2.20. The lowest BCUT2D eigenvalue weighted by molar-refractivity contribution is 0.0784. The van der Waals surface area contributed by atoms with Crippen LogP contribution in [0.4, 0.5) is 0 Å². The van der Waals surface area contributed by atoms with Crippen molar-refractivity contribution < 1.29 is 4.79 Å². The van der Waals surface area contributed by atoms with Crippen molar-refractivity contribution in [3.8, 4) is 5.69 Å². The van der Waals surface area contributed by atoms with Gasteiger partial charge in [-0.05, 0) is 42.3 Å². The highest BCUT2D eigenvalue weighted by Crippen LogP contribution is 2.19. The fourth-order valence-electron chi connectivity index (χ4n) is 2.74. The monoisotopic (exact) mass is 398 g/mol. The fraction of sp³-hybridized carbons (Fsp3) is 0.211. The summed E-state index contributed by atoms with van der Waals surface area (Å²) in [6.45, 7) is 2.55. The van der Waals surface area contributed by atoms with E-state index in [2.05, 4.69) is 26.0 Å². The molecule has 0 aliphatic carbocycles. The Labute approximate surface area is 155 Å². The molecule has 0 N–H and O–H groups in total. The van der Waals surface area contributed by atoms with Gasteiger partial charge in [0.05, 0.1) is 23.1 Å². The Balaban J connectivity index is 1.87. The van der Waals surface area contributed by atoms with Crippen LogP contribution in [-0.4, -0.2) is 32.6 Å². The molecule has 3 aromatic rings. The van der Waals surface area contributed by atoms with Crippen LogP contribution in [0, 0.1) is 0 Å². The average Bonchev–Trinajstić information content (AvgIpc) is 3.06. The lowest BCUT2D eigenvalue weighted by Gasteiger charge is -2.17. The highest BCUT2D eigenvalue weighted by atomic mass is 79.9.